The summed E-state index contributed by atoms with van der Waals surface area (Å²) in [7, 11) is 0. The van der Waals surface area contributed by atoms with Crippen molar-refractivity contribution in [1.82, 2.24) is 0 Å². The fourth-order valence-corrected chi connectivity index (χ4v) is 1.20. The van der Waals surface area contributed by atoms with Crippen LogP contribution in [0.15, 0.2) is 0 Å². The average molecular weight is 114 g/mol. The lowest BCUT2D eigenvalue weighted by Crippen LogP contribution is -2.69. The van der Waals surface area contributed by atoms with Crippen molar-refractivity contribution in [2.45, 2.75) is 24.5 Å². The van der Waals surface area contributed by atoms with Crippen molar-refractivity contribution in [3.8, 4) is 0 Å². The van der Waals surface area contributed by atoms with Crippen molar-refractivity contribution in [3.05, 3.63) is 0 Å². The zero-order valence-corrected chi connectivity index (χ0v) is 4.26. The number of carbonyl (C=O) groups is 1. The van der Waals surface area contributed by atoms with Crippen LogP contribution in [0, 0.1) is 0 Å². The Morgan fingerprint density at radius 3 is 2.25 bits per heavy atom. The highest BCUT2D eigenvalue weighted by Crippen LogP contribution is 2.51. The molecule has 3 aliphatic rings. The van der Waals surface area contributed by atoms with Crippen LogP contribution in [0.5, 0.6) is 0 Å². The summed E-state index contributed by atoms with van der Waals surface area (Å²) in [6, 6.07) is 0. The SMILES string of the molecule is O=C(O)C12CC(C1)O2. The van der Waals surface area contributed by atoms with E-state index in [0.717, 1.165) is 12.8 Å². The van der Waals surface area contributed by atoms with Gasteiger partial charge in [-0.25, -0.2) is 4.79 Å². The minimum atomic E-state index is -0.792. The third kappa shape index (κ3) is 0.255. The smallest absolute Gasteiger partial charge is 0.336 e. The van der Waals surface area contributed by atoms with E-state index in [4.69, 9.17) is 9.84 Å². The van der Waals surface area contributed by atoms with E-state index in [9.17, 15) is 4.79 Å². The zero-order chi connectivity index (χ0) is 5.78. The zero-order valence-electron chi connectivity index (χ0n) is 4.26. The molecule has 3 heteroatoms. The highest BCUT2D eigenvalue weighted by Gasteiger charge is 2.64. The lowest BCUT2D eigenvalue weighted by molar-refractivity contribution is -0.310. The van der Waals surface area contributed by atoms with Crippen LogP contribution in [0.2, 0.25) is 0 Å². The van der Waals surface area contributed by atoms with E-state index in [2.05, 4.69) is 0 Å². The van der Waals surface area contributed by atoms with Gasteiger partial charge in [0.2, 0.25) is 0 Å². The first-order valence-corrected chi connectivity index (χ1v) is 2.64. The van der Waals surface area contributed by atoms with E-state index in [1.54, 1.807) is 0 Å². The molecule has 2 aliphatic heterocycles. The molecule has 1 N–H and O–H groups in total. The summed E-state index contributed by atoms with van der Waals surface area (Å²) in [6.45, 7) is 0. The van der Waals surface area contributed by atoms with Gasteiger partial charge in [0, 0.05) is 12.8 Å². The minimum absolute atomic E-state index is 0.283. The summed E-state index contributed by atoms with van der Waals surface area (Å²) in [5, 5.41) is 8.41. The van der Waals surface area contributed by atoms with Crippen LogP contribution in [0.25, 0.3) is 0 Å². The Morgan fingerprint density at radius 2 is 2.25 bits per heavy atom. The van der Waals surface area contributed by atoms with Crippen molar-refractivity contribution in [1.29, 1.82) is 0 Å². The number of hydrogen-bond acceptors (Lipinski definition) is 2. The largest absolute Gasteiger partial charge is 0.479 e. The molecule has 3 fully saturated rings. The molecular formula is C5H6O3. The molecule has 0 aromatic rings. The van der Waals surface area contributed by atoms with Crippen molar-refractivity contribution >= 4 is 5.97 Å². The molecule has 3 rings (SSSR count). The van der Waals surface area contributed by atoms with Gasteiger partial charge in [0.15, 0.2) is 5.60 Å². The third-order valence-corrected chi connectivity index (χ3v) is 1.90. The van der Waals surface area contributed by atoms with Crippen molar-refractivity contribution in [2.24, 2.45) is 0 Å². The van der Waals surface area contributed by atoms with Gasteiger partial charge in [0.05, 0.1) is 6.10 Å². The molecule has 44 valence electrons. The van der Waals surface area contributed by atoms with Crippen LogP contribution in [0.4, 0.5) is 0 Å². The Balaban J connectivity index is 2.15. The standard InChI is InChI=1S/C5H6O3/c6-4(7)5-1-3(2-5)8-5/h3H,1-2H2,(H,6,7). The van der Waals surface area contributed by atoms with Crippen LogP contribution in [0.1, 0.15) is 12.8 Å². The Morgan fingerprint density at radius 1 is 1.75 bits per heavy atom. The first-order valence-electron chi connectivity index (χ1n) is 2.64. The summed E-state index contributed by atoms with van der Waals surface area (Å²) in [5.41, 5.74) is -0.718. The fourth-order valence-electron chi connectivity index (χ4n) is 1.20. The van der Waals surface area contributed by atoms with Crippen LogP contribution in [-0.4, -0.2) is 22.8 Å². The average Bonchev–Trinajstić information content (AvgIpc) is 1.16. The monoisotopic (exact) mass is 114 g/mol. The molecule has 0 radical (unpaired) electrons. The van der Waals surface area contributed by atoms with E-state index >= 15 is 0 Å². The maximum absolute atomic E-state index is 10.2. The predicted molar refractivity (Wildman–Crippen MR) is 24.5 cm³/mol. The summed E-state index contributed by atoms with van der Waals surface area (Å²) >= 11 is 0. The van der Waals surface area contributed by atoms with Crippen LogP contribution in [-0.2, 0) is 9.53 Å². The molecule has 1 aliphatic carbocycles. The Hall–Kier alpha value is -0.570. The van der Waals surface area contributed by atoms with Gasteiger partial charge >= 0.3 is 5.97 Å². The van der Waals surface area contributed by atoms with Gasteiger partial charge in [-0.15, -0.1) is 0 Å². The fraction of sp³-hybridized carbons (Fsp3) is 0.800. The van der Waals surface area contributed by atoms with Gasteiger partial charge in [0.25, 0.3) is 0 Å². The number of carboxylic acid groups (broad SMARTS) is 1. The van der Waals surface area contributed by atoms with Crippen LogP contribution >= 0.6 is 0 Å². The number of ether oxygens (including phenoxy) is 1. The van der Waals surface area contributed by atoms with Gasteiger partial charge in [-0.2, -0.15) is 0 Å². The first-order chi connectivity index (χ1) is 3.73. The lowest BCUT2D eigenvalue weighted by atomic mass is 9.70. The predicted octanol–water partition coefficient (Wildman–Crippen LogP) is 0.00240. The third-order valence-electron chi connectivity index (χ3n) is 1.90. The Kier molecular flexibility index (Phi) is 0.492. The highest BCUT2D eigenvalue weighted by molar-refractivity contribution is 5.81. The Bertz CT molecular complexity index is 135. The maximum Gasteiger partial charge on any atom is 0.336 e. The molecule has 3 nitrogen and oxygen atoms in total. The second kappa shape index (κ2) is 0.910. The molecule has 0 amide bonds. The van der Waals surface area contributed by atoms with Crippen molar-refractivity contribution in [2.75, 3.05) is 0 Å². The number of hydrogen-bond donors (Lipinski definition) is 1. The highest BCUT2D eigenvalue weighted by atomic mass is 16.6. The van der Waals surface area contributed by atoms with Gasteiger partial charge in [-0.3, -0.25) is 0 Å². The molecule has 2 saturated heterocycles. The van der Waals surface area contributed by atoms with E-state index in [0.29, 0.717) is 0 Å². The second-order valence-electron chi connectivity index (χ2n) is 2.45. The van der Waals surface area contributed by atoms with E-state index in [1.807, 2.05) is 0 Å². The minimum Gasteiger partial charge on any atom is -0.479 e. The molecule has 2 bridgehead atoms. The molecule has 2 heterocycles. The lowest BCUT2D eigenvalue weighted by Gasteiger charge is -2.57. The molecule has 0 spiro atoms. The summed E-state index contributed by atoms with van der Waals surface area (Å²) in [4.78, 5) is 10.2. The van der Waals surface area contributed by atoms with E-state index in [1.165, 1.54) is 0 Å². The number of aliphatic carboxylic acids is 1. The number of rotatable bonds is 1. The second-order valence-corrected chi connectivity index (χ2v) is 2.45. The van der Waals surface area contributed by atoms with Gasteiger partial charge < -0.3 is 9.84 Å². The Labute approximate surface area is 46.3 Å². The first kappa shape index (κ1) is 4.32. The van der Waals surface area contributed by atoms with Crippen molar-refractivity contribution in [3.63, 3.8) is 0 Å². The van der Waals surface area contributed by atoms with Crippen molar-refractivity contribution < 1.29 is 14.6 Å². The van der Waals surface area contributed by atoms with E-state index in [-0.39, 0.29) is 6.10 Å². The molecule has 0 unspecified atom stereocenters. The number of carboxylic acids is 1. The summed E-state index contributed by atoms with van der Waals surface area (Å²) in [5.74, 6) is -0.792. The molecular weight excluding hydrogens is 108 g/mol. The molecule has 0 aromatic heterocycles. The van der Waals surface area contributed by atoms with E-state index < -0.39 is 11.6 Å². The van der Waals surface area contributed by atoms with Crippen LogP contribution < -0.4 is 0 Å². The normalized spacial score (nSPS) is 49.2. The quantitative estimate of drug-likeness (QED) is 0.522. The van der Waals surface area contributed by atoms with Gasteiger partial charge in [0.1, 0.15) is 0 Å². The van der Waals surface area contributed by atoms with Gasteiger partial charge in [-0.05, 0) is 0 Å². The topological polar surface area (TPSA) is 46.5 Å². The molecule has 0 atom stereocenters. The summed E-state index contributed by atoms with van der Waals surface area (Å²) in [6.07, 6.45) is 1.76. The molecule has 8 heavy (non-hydrogen) atoms. The van der Waals surface area contributed by atoms with Crippen LogP contribution in [0.3, 0.4) is 0 Å². The maximum atomic E-state index is 10.2. The molecule has 1 saturated carbocycles. The summed E-state index contributed by atoms with van der Waals surface area (Å²) < 4.78 is 4.88. The van der Waals surface area contributed by atoms with Gasteiger partial charge in [-0.1, -0.05) is 0 Å². The molecule has 0 aromatic carbocycles.